The molecular formula is C13H13Cl2NO4. The topological polar surface area (TPSA) is 55.8 Å². The molecule has 0 bridgehead atoms. The van der Waals surface area contributed by atoms with Crippen LogP contribution in [0, 0.1) is 0 Å². The van der Waals surface area contributed by atoms with E-state index in [0.29, 0.717) is 22.2 Å². The number of ether oxygens (including phenoxy) is 2. The Hall–Kier alpha value is -1.30. The Kier molecular flexibility index (Phi) is 4.86. The molecule has 0 spiro atoms. The SMILES string of the molecule is COC(=O)C1CN(C(=O)c2ccc(Cl)c(Cl)c2)CCO1. The van der Waals surface area contributed by atoms with Crippen LogP contribution in [0.2, 0.25) is 10.0 Å². The van der Waals surface area contributed by atoms with Crippen molar-refractivity contribution in [3.63, 3.8) is 0 Å². The second-order valence-corrected chi connectivity index (χ2v) is 5.08. The molecule has 1 aromatic rings. The smallest absolute Gasteiger partial charge is 0.336 e. The molecule has 1 aliphatic rings. The lowest BCUT2D eigenvalue weighted by Crippen LogP contribution is -2.48. The average Bonchev–Trinajstić information content (AvgIpc) is 2.48. The molecule has 7 heteroatoms. The van der Waals surface area contributed by atoms with Gasteiger partial charge in [0.25, 0.3) is 5.91 Å². The van der Waals surface area contributed by atoms with Gasteiger partial charge in [-0.15, -0.1) is 0 Å². The molecule has 0 saturated carbocycles. The normalized spacial score (nSPS) is 18.8. The first-order valence-corrected chi connectivity index (χ1v) is 6.72. The quantitative estimate of drug-likeness (QED) is 0.783. The van der Waals surface area contributed by atoms with Crippen molar-refractivity contribution >= 4 is 35.1 Å². The van der Waals surface area contributed by atoms with E-state index in [1.54, 1.807) is 12.1 Å². The highest BCUT2D eigenvalue weighted by Crippen LogP contribution is 2.23. The number of methoxy groups -OCH3 is 1. The van der Waals surface area contributed by atoms with E-state index in [0.717, 1.165) is 0 Å². The number of amides is 1. The number of benzene rings is 1. The molecule has 0 aromatic heterocycles. The van der Waals surface area contributed by atoms with E-state index in [-0.39, 0.29) is 19.1 Å². The number of hydrogen-bond acceptors (Lipinski definition) is 4. The maximum absolute atomic E-state index is 12.3. The summed E-state index contributed by atoms with van der Waals surface area (Å²) < 4.78 is 9.89. The second-order valence-electron chi connectivity index (χ2n) is 4.26. The minimum atomic E-state index is -0.750. The summed E-state index contributed by atoms with van der Waals surface area (Å²) in [6.45, 7) is 0.852. The molecular weight excluding hydrogens is 305 g/mol. The summed E-state index contributed by atoms with van der Waals surface area (Å²) >= 11 is 11.7. The van der Waals surface area contributed by atoms with Crippen LogP contribution < -0.4 is 0 Å². The zero-order valence-electron chi connectivity index (χ0n) is 10.8. The Morgan fingerprint density at radius 1 is 1.35 bits per heavy atom. The summed E-state index contributed by atoms with van der Waals surface area (Å²) in [6.07, 6.45) is -0.750. The van der Waals surface area contributed by atoms with Gasteiger partial charge in [0, 0.05) is 12.1 Å². The maximum atomic E-state index is 12.3. The van der Waals surface area contributed by atoms with Crippen molar-refractivity contribution < 1.29 is 19.1 Å². The average molecular weight is 318 g/mol. The first kappa shape index (κ1) is 15.1. The molecule has 0 aliphatic carbocycles. The third-order valence-electron chi connectivity index (χ3n) is 2.98. The van der Waals surface area contributed by atoms with Crippen molar-refractivity contribution in [1.29, 1.82) is 0 Å². The zero-order valence-corrected chi connectivity index (χ0v) is 12.3. The van der Waals surface area contributed by atoms with Crippen LogP contribution in [0.15, 0.2) is 18.2 Å². The Bertz CT molecular complexity index is 535. The fraction of sp³-hybridized carbons (Fsp3) is 0.385. The maximum Gasteiger partial charge on any atom is 0.336 e. The van der Waals surface area contributed by atoms with Crippen molar-refractivity contribution in [2.75, 3.05) is 26.8 Å². The molecule has 1 unspecified atom stereocenters. The molecule has 1 atom stereocenters. The molecule has 5 nitrogen and oxygen atoms in total. The Morgan fingerprint density at radius 2 is 2.10 bits per heavy atom. The predicted molar refractivity (Wildman–Crippen MR) is 74.1 cm³/mol. The first-order chi connectivity index (χ1) is 9.52. The Morgan fingerprint density at radius 3 is 2.75 bits per heavy atom. The molecule has 108 valence electrons. The van der Waals surface area contributed by atoms with Crippen molar-refractivity contribution in [2.24, 2.45) is 0 Å². The summed E-state index contributed by atoms with van der Waals surface area (Å²) in [4.78, 5) is 25.3. The largest absolute Gasteiger partial charge is 0.467 e. The van der Waals surface area contributed by atoms with Crippen molar-refractivity contribution in [1.82, 2.24) is 4.90 Å². The van der Waals surface area contributed by atoms with Gasteiger partial charge in [0.1, 0.15) is 0 Å². The van der Waals surface area contributed by atoms with E-state index in [1.807, 2.05) is 0 Å². The van der Waals surface area contributed by atoms with Crippen LogP contribution in [-0.4, -0.2) is 49.7 Å². The number of rotatable bonds is 2. The number of carbonyl (C=O) groups is 2. The molecule has 1 fully saturated rings. The number of morpholine rings is 1. The van der Waals surface area contributed by atoms with E-state index >= 15 is 0 Å². The van der Waals surface area contributed by atoms with Gasteiger partial charge < -0.3 is 14.4 Å². The second kappa shape index (κ2) is 6.43. The van der Waals surface area contributed by atoms with Crippen LogP contribution in [0.1, 0.15) is 10.4 Å². The van der Waals surface area contributed by atoms with E-state index < -0.39 is 12.1 Å². The summed E-state index contributed by atoms with van der Waals surface area (Å²) in [5.74, 6) is -0.711. The summed E-state index contributed by atoms with van der Waals surface area (Å²) in [6, 6.07) is 4.67. The van der Waals surface area contributed by atoms with Crippen LogP contribution in [0.25, 0.3) is 0 Å². The minimum Gasteiger partial charge on any atom is -0.467 e. The first-order valence-electron chi connectivity index (χ1n) is 5.96. The molecule has 20 heavy (non-hydrogen) atoms. The van der Waals surface area contributed by atoms with Gasteiger partial charge in [0.15, 0.2) is 6.10 Å². The Labute approximate surface area is 126 Å². The van der Waals surface area contributed by atoms with Crippen LogP contribution >= 0.6 is 23.2 Å². The molecule has 1 amide bonds. The molecule has 1 aliphatic heterocycles. The van der Waals surface area contributed by atoms with Gasteiger partial charge in [0.2, 0.25) is 0 Å². The van der Waals surface area contributed by atoms with Crippen LogP contribution in [0.3, 0.4) is 0 Å². The summed E-state index contributed by atoms with van der Waals surface area (Å²) in [7, 11) is 1.28. The molecule has 0 N–H and O–H groups in total. The number of carbonyl (C=O) groups excluding carboxylic acids is 2. The van der Waals surface area contributed by atoms with E-state index in [1.165, 1.54) is 18.1 Å². The fourth-order valence-corrected chi connectivity index (χ4v) is 2.22. The number of nitrogens with zero attached hydrogens (tertiary/aromatic N) is 1. The number of esters is 1. The molecule has 0 radical (unpaired) electrons. The standard InChI is InChI=1S/C13H13Cl2NO4/c1-19-13(18)11-7-16(4-5-20-11)12(17)8-2-3-9(14)10(15)6-8/h2-3,6,11H,4-5,7H2,1H3. The van der Waals surface area contributed by atoms with Gasteiger partial charge >= 0.3 is 5.97 Å². The molecule has 1 saturated heterocycles. The minimum absolute atomic E-state index is 0.158. The molecule has 2 rings (SSSR count). The monoisotopic (exact) mass is 317 g/mol. The fourth-order valence-electron chi connectivity index (χ4n) is 1.92. The highest BCUT2D eigenvalue weighted by molar-refractivity contribution is 6.42. The third kappa shape index (κ3) is 3.23. The summed E-state index contributed by atoms with van der Waals surface area (Å²) in [5, 5.41) is 0.702. The predicted octanol–water partition coefficient (Wildman–Crippen LogP) is 2.01. The van der Waals surface area contributed by atoms with Gasteiger partial charge in [0.05, 0.1) is 30.3 Å². The third-order valence-corrected chi connectivity index (χ3v) is 3.72. The zero-order chi connectivity index (χ0) is 14.7. The molecule has 1 heterocycles. The van der Waals surface area contributed by atoms with Crippen molar-refractivity contribution in [3.8, 4) is 0 Å². The van der Waals surface area contributed by atoms with Gasteiger partial charge in [-0.1, -0.05) is 23.2 Å². The number of halogens is 2. The number of hydrogen-bond donors (Lipinski definition) is 0. The van der Waals surface area contributed by atoms with Gasteiger partial charge in [-0.3, -0.25) is 4.79 Å². The summed E-state index contributed by atoms with van der Waals surface area (Å²) in [5.41, 5.74) is 0.421. The van der Waals surface area contributed by atoms with Gasteiger partial charge in [-0.25, -0.2) is 4.79 Å². The van der Waals surface area contributed by atoms with Crippen molar-refractivity contribution in [2.45, 2.75) is 6.10 Å². The van der Waals surface area contributed by atoms with E-state index in [9.17, 15) is 9.59 Å². The van der Waals surface area contributed by atoms with Gasteiger partial charge in [-0.2, -0.15) is 0 Å². The lowest BCUT2D eigenvalue weighted by Gasteiger charge is -2.31. The Balaban J connectivity index is 2.12. The van der Waals surface area contributed by atoms with E-state index in [2.05, 4.69) is 4.74 Å². The lowest BCUT2D eigenvalue weighted by atomic mass is 10.1. The highest BCUT2D eigenvalue weighted by Gasteiger charge is 2.30. The van der Waals surface area contributed by atoms with Crippen LogP contribution in [-0.2, 0) is 14.3 Å². The van der Waals surface area contributed by atoms with E-state index in [4.69, 9.17) is 27.9 Å². The highest BCUT2D eigenvalue weighted by atomic mass is 35.5. The van der Waals surface area contributed by atoms with Crippen molar-refractivity contribution in [3.05, 3.63) is 33.8 Å². The van der Waals surface area contributed by atoms with Crippen LogP contribution in [0.4, 0.5) is 0 Å². The lowest BCUT2D eigenvalue weighted by molar-refractivity contribution is -0.158. The van der Waals surface area contributed by atoms with Crippen LogP contribution in [0.5, 0.6) is 0 Å². The van der Waals surface area contributed by atoms with Gasteiger partial charge in [-0.05, 0) is 18.2 Å². The molecule has 1 aromatic carbocycles.